The Kier molecular flexibility index (Phi) is 6.42. The zero-order valence-corrected chi connectivity index (χ0v) is 14.4. The molecule has 2 amide bonds. The molecule has 0 bridgehead atoms. The smallest absolute Gasteiger partial charge is 0.253 e. The van der Waals surface area contributed by atoms with Crippen molar-refractivity contribution in [3.05, 3.63) is 28.8 Å². The molecule has 1 aliphatic rings. The van der Waals surface area contributed by atoms with Crippen LogP contribution in [0.4, 0.5) is 5.69 Å². The topological polar surface area (TPSA) is 70.2 Å². The monoisotopic (exact) mass is 337 g/mol. The predicted molar refractivity (Wildman–Crippen MR) is 92.9 cm³/mol. The average Bonchev–Trinajstić information content (AvgIpc) is 2.97. The number of rotatable bonds is 6. The summed E-state index contributed by atoms with van der Waals surface area (Å²) in [5.41, 5.74) is 0.893. The number of amides is 2. The van der Waals surface area contributed by atoms with Gasteiger partial charge in [-0.05, 0) is 63.9 Å². The van der Waals surface area contributed by atoms with Gasteiger partial charge in [-0.3, -0.25) is 9.59 Å². The molecule has 3 N–H and O–H groups in total. The Balaban J connectivity index is 2.00. The molecule has 0 radical (unpaired) electrons. The molecule has 6 heteroatoms. The second kappa shape index (κ2) is 8.31. The Hall–Kier alpha value is -1.59. The summed E-state index contributed by atoms with van der Waals surface area (Å²) in [5, 5.41) is 9.43. The molecular formula is C17H24ClN3O2. The third-order valence-electron chi connectivity index (χ3n) is 3.86. The normalized spacial score (nSPS) is 17.3. The first-order valence-corrected chi connectivity index (χ1v) is 8.44. The fourth-order valence-corrected chi connectivity index (χ4v) is 2.84. The van der Waals surface area contributed by atoms with Gasteiger partial charge < -0.3 is 16.0 Å². The van der Waals surface area contributed by atoms with Gasteiger partial charge in [-0.25, -0.2) is 0 Å². The molecule has 0 aromatic heterocycles. The number of carbonyl (C=O) groups is 2. The lowest BCUT2D eigenvalue weighted by molar-refractivity contribution is -0.116. The van der Waals surface area contributed by atoms with Crippen LogP contribution >= 0.6 is 11.6 Å². The summed E-state index contributed by atoms with van der Waals surface area (Å²) in [7, 11) is 0. The fraction of sp³-hybridized carbons (Fsp3) is 0.529. The Labute approximate surface area is 142 Å². The summed E-state index contributed by atoms with van der Waals surface area (Å²) in [6.45, 7) is 5.79. The molecule has 1 saturated heterocycles. The summed E-state index contributed by atoms with van der Waals surface area (Å²) < 4.78 is 0. The Morgan fingerprint density at radius 2 is 2.17 bits per heavy atom. The van der Waals surface area contributed by atoms with Crippen molar-refractivity contribution in [2.24, 2.45) is 5.92 Å². The van der Waals surface area contributed by atoms with Crippen molar-refractivity contribution in [1.82, 2.24) is 10.6 Å². The number of carbonyl (C=O) groups excluding carboxylic acids is 2. The van der Waals surface area contributed by atoms with Gasteiger partial charge in [-0.1, -0.05) is 11.6 Å². The number of hydrogen-bond acceptors (Lipinski definition) is 3. The molecule has 1 aromatic rings. The molecule has 0 aliphatic carbocycles. The van der Waals surface area contributed by atoms with Gasteiger partial charge in [0, 0.05) is 17.5 Å². The maximum Gasteiger partial charge on any atom is 0.253 e. The lowest BCUT2D eigenvalue weighted by Gasteiger charge is -2.14. The van der Waals surface area contributed by atoms with E-state index in [9.17, 15) is 9.59 Å². The van der Waals surface area contributed by atoms with Gasteiger partial charge in [0.05, 0.1) is 11.3 Å². The van der Waals surface area contributed by atoms with E-state index in [-0.39, 0.29) is 17.9 Å². The van der Waals surface area contributed by atoms with E-state index < -0.39 is 0 Å². The lowest BCUT2D eigenvalue weighted by atomic mass is 10.0. The van der Waals surface area contributed by atoms with Crippen LogP contribution in [0.15, 0.2) is 18.2 Å². The minimum Gasteiger partial charge on any atom is -0.350 e. The minimum absolute atomic E-state index is 0.0246. The van der Waals surface area contributed by atoms with Gasteiger partial charge in [0.2, 0.25) is 5.91 Å². The number of hydrogen-bond donors (Lipinski definition) is 3. The summed E-state index contributed by atoms with van der Waals surface area (Å²) in [4.78, 5) is 24.4. The molecule has 5 nitrogen and oxygen atoms in total. The largest absolute Gasteiger partial charge is 0.350 e. The van der Waals surface area contributed by atoms with Gasteiger partial charge in [0.1, 0.15) is 0 Å². The second-order valence-corrected chi connectivity index (χ2v) is 6.70. The zero-order valence-electron chi connectivity index (χ0n) is 13.6. The first-order chi connectivity index (χ1) is 11.0. The maximum absolute atomic E-state index is 12.2. The number of halogens is 1. The van der Waals surface area contributed by atoms with Crippen LogP contribution in [-0.4, -0.2) is 30.9 Å². The third kappa shape index (κ3) is 5.52. The number of anilines is 1. The van der Waals surface area contributed by atoms with Gasteiger partial charge in [0.15, 0.2) is 0 Å². The van der Waals surface area contributed by atoms with Crippen molar-refractivity contribution >= 4 is 29.1 Å². The van der Waals surface area contributed by atoms with Crippen molar-refractivity contribution < 1.29 is 9.59 Å². The highest BCUT2D eigenvalue weighted by Crippen LogP contribution is 2.22. The summed E-state index contributed by atoms with van der Waals surface area (Å²) in [6, 6.07) is 4.93. The zero-order chi connectivity index (χ0) is 16.8. The van der Waals surface area contributed by atoms with Crippen LogP contribution in [0.25, 0.3) is 0 Å². The van der Waals surface area contributed by atoms with E-state index in [2.05, 4.69) is 16.0 Å². The van der Waals surface area contributed by atoms with Crippen LogP contribution in [0.3, 0.4) is 0 Å². The van der Waals surface area contributed by atoms with Crippen LogP contribution in [0.1, 0.15) is 43.5 Å². The van der Waals surface area contributed by atoms with E-state index in [1.165, 1.54) is 0 Å². The van der Waals surface area contributed by atoms with E-state index in [4.69, 9.17) is 11.6 Å². The highest BCUT2D eigenvalue weighted by Gasteiger charge is 2.18. The molecule has 1 aromatic carbocycles. The molecule has 126 valence electrons. The molecule has 1 aliphatic heterocycles. The van der Waals surface area contributed by atoms with Crippen LogP contribution in [0, 0.1) is 5.92 Å². The van der Waals surface area contributed by atoms with E-state index in [1.807, 2.05) is 13.8 Å². The fourth-order valence-electron chi connectivity index (χ4n) is 2.67. The van der Waals surface area contributed by atoms with E-state index >= 15 is 0 Å². The molecule has 1 fully saturated rings. The summed E-state index contributed by atoms with van der Waals surface area (Å²) >= 11 is 6.00. The average molecular weight is 338 g/mol. The molecular weight excluding hydrogens is 314 g/mol. The molecule has 0 spiro atoms. The first kappa shape index (κ1) is 17.8. The van der Waals surface area contributed by atoms with Crippen LogP contribution in [0.5, 0.6) is 0 Å². The molecule has 1 unspecified atom stereocenters. The Bertz CT molecular complexity index is 569. The third-order valence-corrected chi connectivity index (χ3v) is 4.10. The quantitative estimate of drug-likeness (QED) is 0.747. The highest BCUT2D eigenvalue weighted by molar-refractivity contribution is 6.31. The van der Waals surface area contributed by atoms with Gasteiger partial charge in [-0.15, -0.1) is 0 Å². The SMILES string of the molecule is CC(C)NC(=O)c1ccc(Cl)cc1NC(=O)CCC1CCNC1. The van der Waals surface area contributed by atoms with Gasteiger partial charge >= 0.3 is 0 Å². The maximum atomic E-state index is 12.2. The predicted octanol–water partition coefficient (Wildman–Crippen LogP) is 2.81. The van der Waals surface area contributed by atoms with Crippen LogP contribution in [-0.2, 0) is 4.79 Å². The van der Waals surface area contributed by atoms with Crippen molar-refractivity contribution in [3.8, 4) is 0 Å². The molecule has 1 heterocycles. The Morgan fingerprint density at radius 1 is 1.39 bits per heavy atom. The summed E-state index contributed by atoms with van der Waals surface area (Å²) in [5.74, 6) is 0.258. The van der Waals surface area contributed by atoms with E-state index in [0.717, 1.165) is 25.9 Å². The molecule has 0 saturated carbocycles. The van der Waals surface area contributed by atoms with E-state index in [0.29, 0.717) is 28.6 Å². The standard InChI is InChI=1S/C17H24ClN3O2/c1-11(2)20-17(23)14-5-4-13(18)9-15(14)21-16(22)6-3-12-7-8-19-10-12/h4-5,9,11-12,19H,3,6-8,10H2,1-2H3,(H,20,23)(H,21,22). The number of benzene rings is 1. The highest BCUT2D eigenvalue weighted by atomic mass is 35.5. The second-order valence-electron chi connectivity index (χ2n) is 6.26. The Morgan fingerprint density at radius 3 is 2.83 bits per heavy atom. The van der Waals surface area contributed by atoms with Crippen LogP contribution in [0.2, 0.25) is 5.02 Å². The van der Waals surface area contributed by atoms with Gasteiger partial charge in [0.25, 0.3) is 5.91 Å². The lowest BCUT2D eigenvalue weighted by Crippen LogP contribution is -2.31. The molecule has 1 atom stereocenters. The van der Waals surface area contributed by atoms with Gasteiger partial charge in [-0.2, -0.15) is 0 Å². The minimum atomic E-state index is -0.216. The van der Waals surface area contributed by atoms with Crippen molar-refractivity contribution in [2.45, 2.75) is 39.2 Å². The first-order valence-electron chi connectivity index (χ1n) is 8.06. The van der Waals surface area contributed by atoms with E-state index in [1.54, 1.807) is 18.2 Å². The molecule has 23 heavy (non-hydrogen) atoms. The van der Waals surface area contributed by atoms with Crippen molar-refractivity contribution in [2.75, 3.05) is 18.4 Å². The van der Waals surface area contributed by atoms with Crippen LogP contribution < -0.4 is 16.0 Å². The van der Waals surface area contributed by atoms with Crippen molar-refractivity contribution in [1.29, 1.82) is 0 Å². The summed E-state index contributed by atoms with van der Waals surface area (Å²) in [6.07, 6.45) is 2.42. The number of nitrogens with one attached hydrogen (secondary N) is 3. The van der Waals surface area contributed by atoms with Crippen molar-refractivity contribution in [3.63, 3.8) is 0 Å². The molecule has 2 rings (SSSR count).